The quantitative estimate of drug-likeness (QED) is 0.589. The van der Waals surface area contributed by atoms with Crippen LogP contribution in [0, 0.1) is 0 Å². The summed E-state index contributed by atoms with van der Waals surface area (Å²) in [5.41, 5.74) is 0. The number of carbonyl (C=O) groups is 2. The summed E-state index contributed by atoms with van der Waals surface area (Å²) in [6, 6.07) is -0.774. The first-order chi connectivity index (χ1) is 7.11. The molecular weight excluding hydrogens is 198 g/mol. The molecule has 0 aromatic carbocycles. The van der Waals surface area contributed by atoms with Crippen molar-refractivity contribution in [1.29, 1.82) is 0 Å². The highest BCUT2D eigenvalue weighted by Crippen LogP contribution is 1.97. The number of hydrogen-bond donors (Lipinski definition) is 2. The highest BCUT2D eigenvalue weighted by molar-refractivity contribution is 5.83. The average molecular weight is 217 g/mol. The summed E-state index contributed by atoms with van der Waals surface area (Å²) in [5.74, 6) is -1.26. The third kappa shape index (κ3) is 6.90. The molecule has 1 amide bonds. The Bertz CT molecular complexity index is 206. The van der Waals surface area contributed by atoms with Crippen molar-refractivity contribution in [3.63, 3.8) is 0 Å². The second kappa shape index (κ2) is 8.23. The molecule has 0 fully saturated rings. The summed E-state index contributed by atoms with van der Waals surface area (Å²) in [6.45, 7) is 4.61. The van der Waals surface area contributed by atoms with Gasteiger partial charge in [0.05, 0.1) is 6.61 Å². The molecule has 0 rings (SSSR count). The monoisotopic (exact) mass is 217 g/mol. The fraction of sp³-hybridized carbons (Fsp3) is 0.800. The summed E-state index contributed by atoms with van der Waals surface area (Å²) < 4.78 is 5.00. The zero-order chi connectivity index (χ0) is 11.7. The maximum Gasteiger partial charge on any atom is 0.326 e. The predicted molar refractivity (Wildman–Crippen MR) is 55.6 cm³/mol. The number of carboxylic acid groups (broad SMARTS) is 1. The molecular formula is C10H19NO4. The van der Waals surface area contributed by atoms with Crippen molar-refractivity contribution >= 4 is 11.9 Å². The minimum absolute atomic E-state index is 0.210. The Balaban J connectivity index is 3.84. The lowest BCUT2D eigenvalue weighted by Gasteiger charge is -2.13. The Morgan fingerprint density at radius 1 is 1.40 bits per heavy atom. The van der Waals surface area contributed by atoms with Crippen LogP contribution in [0.15, 0.2) is 0 Å². The van der Waals surface area contributed by atoms with E-state index in [0.29, 0.717) is 19.6 Å². The Labute approximate surface area is 89.8 Å². The SMILES string of the molecule is CCC[C@@H](NC(=O)CCOCC)C(=O)O. The van der Waals surface area contributed by atoms with Crippen molar-refractivity contribution in [2.75, 3.05) is 13.2 Å². The molecule has 5 heteroatoms. The summed E-state index contributed by atoms with van der Waals surface area (Å²) in [7, 11) is 0. The first kappa shape index (κ1) is 13.9. The topological polar surface area (TPSA) is 75.6 Å². The smallest absolute Gasteiger partial charge is 0.326 e. The summed E-state index contributed by atoms with van der Waals surface area (Å²) in [6.07, 6.45) is 1.39. The number of ether oxygens (including phenoxy) is 1. The number of nitrogens with one attached hydrogen (secondary N) is 1. The molecule has 88 valence electrons. The van der Waals surface area contributed by atoms with E-state index in [0.717, 1.165) is 6.42 Å². The number of aliphatic carboxylic acids is 1. The molecule has 0 aliphatic carbocycles. The van der Waals surface area contributed by atoms with E-state index in [9.17, 15) is 9.59 Å². The lowest BCUT2D eigenvalue weighted by Crippen LogP contribution is -2.40. The maximum absolute atomic E-state index is 11.3. The van der Waals surface area contributed by atoms with Gasteiger partial charge in [0.25, 0.3) is 0 Å². The number of amides is 1. The molecule has 0 aromatic rings. The molecule has 0 aromatic heterocycles. The van der Waals surface area contributed by atoms with Gasteiger partial charge in [-0.1, -0.05) is 13.3 Å². The zero-order valence-corrected chi connectivity index (χ0v) is 9.28. The largest absolute Gasteiger partial charge is 0.480 e. The fourth-order valence-electron chi connectivity index (χ4n) is 1.12. The molecule has 5 nitrogen and oxygen atoms in total. The molecule has 0 aliphatic rings. The fourth-order valence-corrected chi connectivity index (χ4v) is 1.12. The van der Waals surface area contributed by atoms with Crippen molar-refractivity contribution in [1.82, 2.24) is 5.32 Å². The second-order valence-corrected chi connectivity index (χ2v) is 3.19. The third-order valence-electron chi connectivity index (χ3n) is 1.89. The van der Waals surface area contributed by atoms with E-state index < -0.39 is 12.0 Å². The van der Waals surface area contributed by atoms with Crippen molar-refractivity contribution in [3.05, 3.63) is 0 Å². The van der Waals surface area contributed by atoms with Crippen LogP contribution in [0.3, 0.4) is 0 Å². The Morgan fingerprint density at radius 3 is 2.53 bits per heavy atom. The Hall–Kier alpha value is -1.10. The first-order valence-electron chi connectivity index (χ1n) is 5.21. The highest BCUT2D eigenvalue weighted by atomic mass is 16.5. The van der Waals surface area contributed by atoms with Crippen molar-refractivity contribution in [2.24, 2.45) is 0 Å². The molecule has 0 saturated heterocycles. The van der Waals surface area contributed by atoms with E-state index in [1.165, 1.54) is 0 Å². The molecule has 0 bridgehead atoms. The molecule has 0 unspecified atom stereocenters. The maximum atomic E-state index is 11.3. The van der Waals surface area contributed by atoms with E-state index in [1.807, 2.05) is 13.8 Å². The standard InChI is InChI=1S/C10H19NO4/c1-3-5-8(10(13)14)11-9(12)6-7-15-4-2/h8H,3-7H2,1-2H3,(H,11,12)(H,13,14)/t8-/m1/s1. The van der Waals surface area contributed by atoms with Gasteiger partial charge in [0.15, 0.2) is 0 Å². The van der Waals surface area contributed by atoms with Gasteiger partial charge in [-0.05, 0) is 13.3 Å². The number of rotatable bonds is 8. The minimum Gasteiger partial charge on any atom is -0.480 e. The normalized spacial score (nSPS) is 12.1. The van der Waals surface area contributed by atoms with Gasteiger partial charge in [0.1, 0.15) is 6.04 Å². The van der Waals surface area contributed by atoms with Crippen molar-refractivity contribution in [2.45, 2.75) is 39.2 Å². The highest BCUT2D eigenvalue weighted by Gasteiger charge is 2.18. The van der Waals surface area contributed by atoms with E-state index in [4.69, 9.17) is 9.84 Å². The van der Waals surface area contributed by atoms with E-state index in [1.54, 1.807) is 0 Å². The molecule has 15 heavy (non-hydrogen) atoms. The van der Waals surface area contributed by atoms with Gasteiger partial charge in [0.2, 0.25) is 5.91 Å². The molecule has 0 spiro atoms. The van der Waals surface area contributed by atoms with E-state index in [-0.39, 0.29) is 12.3 Å². The summed E-state index contributed by atoms with van der Waals surface area (Å²) >= 11 is 0. The Kier molecular flexibility index (Phi) is 7.62. The minimum atomic E-state index is -0.985. The third-order valence-corrected chi connectivity index (χ3v) is 1.89. The average Bonchev–Trinajstić information content (AvgIpc) is 2.17. The van der Waals surface area contributed by atoms with Crippen LogP contribution in [-0.2, 0) is 14.3 Å². The molecule has 1 atom stereocenters. The number of carbonyl (C=O) groups excluding carboxylic acids is 1. The van der Waals surface area contributed by atoms with Crippen LogP contribution in [0.5, 0.6) is 0 Å². The summed E-state index contributed by atoms with van der Waals surface area (Å²) in [4.78, 5) is 22.0. The number of carboxylic acids is 1. The van der Waals surface area contributed by atoms with Gasteiger partial charge in [-0.3, -0.25) is 4.79 Å². The van der Waals surface area contributed by atoms with Crippen LogP contribution in [-0.4, -0.2) is 36.2 Å². The first-order valence-corrected chi connectivity index (χ1v) is 5.21. The zero-order valence-electron chi connectivity index (χ0n) is 9.28. The van der Waals surface area contributed by atoms with Crippen molar-refractivity contribution in [3.8, 4) is 0 Å². The van der Waals surface area contributed by atoms with Crippen LogP contribution in [0.25, 0.3) is 0 Å². The predicted octanol–water partition coefficient (Wildman–Crippen LogP) is 0.782. The van der Waals surface area contributed by atoms with Gasteiger partial charge in [0, 0.05) is 13.0 Å². The van der Waals surface area contributed by atoms with Crippen LogP contribution < -0.4 is 5.32 Å². The van der Waals surface area contributed by atoms with E-state index >= 15 is 0 Å². The number of hydrogen-bond acceptors (Lipinski definition) is 3. The van der Waals surface area contributed by atoms with Crippen LogP contribution >= 0.6 is 0 Å². The Morgan fingerprint density at radius 2 is 2.07 bits per heavy atom. The van der Waals surface area contributed by atoms with Gasteiger partial charge in [-0.25, -0.2) is 4.79 Å². The molecule has 0 saturated carbocycles. The van der Waals surface area contributed by atoms with Gasteiger partial charge >= 0.3 is 5.97 Å². The van der Waals surface area contributed by atoms with Crippen LogP contribution in [0.4, 0.5) is 0 Å². The summed E-state index contributed by atoms with van der Waals surface area (Å²) in [5, 5.41) is 11.2. The van der Waals surface area contributed by atoms with Gasteiger partial charge in [-0.15, -0.1) is 0 Å². The lowest BCUT2D eigenvalue weighted by atomic mass is 10.1. The lowest BCUT2D eigenvalue weighted by molar-refractivity contribution is -0.142. The van der Waals surface area contributed by atoms with Crippen LogP contribution in [0.2, 0.25) is 0 Å². The molecule has 2 N–H and O–H groups in total. The van der Waals surface area contributed by atoms with E-state index in [2.05, 4.69) is 5.32 Å². The molecule has 0 radical (unpaired) electrons. The van der Waals surface area contributed by atoms with Gasteiger partial charge in [-0.2, -0.15) is 0 Å². The molecule has 0 aliphatic heterocycles. The van der Waals surface area contributed by atoms with Crippen LogP contribution in [0.1, 0.15) is 33.1 Å². The second-order valence-electron chi connectivity index (χ2n) is 3.19. The van der Waals surface area contributed by atoms with Crippen molar-refractivity contribution < 1.29 is 19.4 Å². The molecule has 0 heterocycles. The van der Waals surface area contributed by atoms with Gasteiger partial charge < -0.3 is 15.2 Å².